The molecule has 84 valence electrons. The summed E-state index contributed by atoms with van der Waals surface area (Å²) in [6, 6.07) is 7.36. The van der Waals surface area contributed by atoms with Crippen molar-refractivity contribution in [1.29, 1.82) is 0 Å². The van der Waals surface area contributed by atoms with Gasteiger partial charge in [0, 0.05) is 10.5 Å². The first-order valence-electron chi connectivity index (χ1n) is 4.75. The van der Waals surface area contributed by atoms with Gasteiger partial charge in [0.15, 0.2) is 11.5 Å². The molecule has 0 radical (unpaired) electrons. The van der Waals surface area contributed by atoms with E-state index in [1.807, 2.05) is 18.2 Å². The molecule has 1 aromatic heterocycles. The molecule has 0 aliphatic carbocycles. The fourth-order valence-corrected chi connectivity index (χ4v) is 1.79. The van der Waals surface area contributed by atoms with E-state index in [0.717, 1.165) is 16.2 Å². The van der Waals surface area contributed by atoms with Crippen molar-refractivity contribution in [3.8, 4) is 22.8 Å². The molecule has 0 atom stereocenters. The summed E-state index contributed by atoms with van der Waals surface area (Å²) >= 11 is 4.40. The molecule has 0 bridgehead atoms. The summed E-state index contributed by atoms with van der Waals surface area (Å²) in [4.78, 5) is 0.785. The third-order valence-corrected chi connectivity index (χ3v) is 2.66. The second kappa shape index (κ2) is 4.53. The number of hydrogen-bond donors (Lipinski definition) is 1. The predicted octanol–water partition coefficient (Wildman–Crippen LogP) is 3.25. The minimum absolute atomic E-state index is 0.655. The van der Waals surface area contributed by atoms with Crippen molar-refractivity contribution < 1.29 is 13.9 Å². The summed E-state index contributed by atoms with van der Waals surface area (Å²) < 4.78 is 15.7. The van der Waals surface area contributed by atoms with Crippen LogP contribution in [0.5, 0.6) is 11.5 Å². The first kappa shape index (κ1) is 11.0. The molecule has 0 spiro atoms. The number of benzene rings is 1. The SMILES string of the molecule is COc1cc(S)c(-c2ccco2)cc1OC. The number of methoxy groups -OCH3 is 2. The van der Waals surface area contributed by atoms with Crippen molar-refractivity contribution in [3.63, 3.8) is 0 Å². The van der Waals surface area contributed by atoms with Gasteiger partial charge in [-0.1, -0.05) is 0 Å². The quantitative estimate of drug-likeness (QED) is 0.830. The first-order valence-corrected chi connectivity index (χ1v) is 5.20. The number of thiol groups is 1. The molecule has 0 aliphatic heterocycles. The van der Waals surface area contributed by atoms with Crippen LogP contribution in [0.15, 0.2) is 39.8 Å². The maximum atomic E-state index is 5.33. The lowest BCUT2D eigenvalue weighted by Crippen LogP contribution is -1.91. The van der Waals surface area contributed by atoms with E-state index in [-0.39, 0.29) is 0 Å². The molecular weight excluding hydrogens is 224 g/mol. The predicted molar refractivity (Wildman–Crippen MR) is 64.5 cm³/mol. The van der Waals surface area contributed by atoms with Gasteiger partial charge in [-0.25, -0.2) is 0 Å². The highest BCUT2D eigenvalue weighted by atomic mass is 32.1. The zero-order chi connectivity index (χ0) is 11.5. The molecule has 4 heteroatoms. The molecule has 2 rings (SSSR count). The van der Waals surface area contributed by atoms with Crippen molar-refractivity contribution in [2.75, 3.05) is 14.2 Å². The maximum Gasteiger partial charge on any atom is 0.161 e. The van der Waals surface area contributed by atoms with Crippen LogP contribution >= 0.6 is 12.6 Å². The van der Waals surface area contributed by atoms with Gasteiger partial charge in [0.25, 0.3) is 0 Å². The molecule has 16 heavy (non-hydrogen) atoms. The van der Waals surface area contributed by atoms with Crippen LogP contribution < -0.4 is 9.47 Å². The largest absolute Gasteiger partial charge is 0.493 e. The van der Waals surface area contributed by atoms with Crippen LogP contribution in [-0.2, 0) is 0 Å². The van der Waals surface area contributed by atoms with Crippen LogP contribution in [0.2, 0.25) is 0 Å². The Morgan fingerprint density at radius 2 is 1.81 bits per heavy atom. The van der Waals surface area contributed by atoms with Gasteiger partial charge >= 0.3 is 0 Å². The summed E-state index contributed by atoms with van der Waals surface area (Å²) in [5, 5.41) is 0. The van der Waals surface area contributed by atoms with Gasteiger partial charge in [-0.15, -0.1) is 12.6 Å². The third-order valence-electron chi connectivity index (χ3n) is 2.29. The normalized spacial score (nSPS) is 10.2. The molecule has 0 saturated heterocycles. The van der Waals surface area contributed by atoms with Gasteiger partial charge in [0.1, 0.15) is 5.76 Å². The zero-order valence-electron chi connectivity index (χ0n) is 9.06. The van der Waals surface area contributed by atoms with Crippen molar-refractivity contribution in [2.45, 2.75) is 4.90 Å². The second-order valence-corrected chi connectivity index (χ2v) is 3.68. The number of furan rings is 1. The fourth-order valence-electron chi connectivity index (χ4n) is 1.50. The molecule has 0 N–H and O–H groups in total. The molecule has 0 unspecified atom stereocenters. The lowest BCUT2D eigenvalue weighted by Gasteiger charge is -2.10. The minimum atomic E-state index is 0.655. The third kappa shape index (κ3) is 1.88. The van der Waals surface area contributed by atoms with Crippen molar-refractivity contribution in [3.05, 3.63) is 30.5 Å². The van der Waals surface area contributed by atoms with E-state index >= 15 is 0 Å². The van der Waals surface area contributed by atoms with Crippen LogP contribution in [0, 0.1) is 0 Å². The van der Waals surface area contributed by atoms with Gasteiger partial charge < -0.3 is 13.9 Å². The van der Waals surface area contributed by atoms with Crippen LogP contribution in [0.3, 0.4) is 0 Å². The van der Waals surface area contributed by atoms with E-state index in [9.17, 15) is 0 Å². The molecule has 0 amide bonds. The van der Waals surface area contributed by atoms with E-state index < -0.39 is 0 Å². The summed E-state index contributed by atoms with van der Waals surface area (Å²) in [5.74, 6) is 2.07. The molecule has 2 aromatic rings. The topological polar surface area (TPSA) is 31.6 Å². The standard InChI is InChI=1S/C12H12O3S/c1-13-10-6-8(9-4-3-5-15-9)12(16)7-11(10)14-2/h3-7,16H,1-2H3. The highest BCUT2D eigenvalue weighted by molar-refractivity contribution is 7.80. The Labute approximate surface area is 99.4 Å². The van der Waals surface area contributed by atoms with Gasteiger partial charge in [-0.05, 0) is 24.3 Å². The fraction of sp³-hybridized carbons (Fsp3) is 0.167. The van der Waals surface area contributed by atoms with Gasteiger partial charge in [-0.3, -0.25) is 0 Å². The molecule has 0 fully saturated rings. The van der Waals surface area contributed by atoms with Crippen LogP contribution in [0.4, 0.5) is 0 Å². The van der Waals surface area contributed by atoms with E-state index in [4.69, 9.17) is 13.9 Å². The van der Waals surface area contributed by atoms with Crippen molar-refractivity contribution in [2.24, 2.45) is 0 Å². The second-order valence-electron chi connectivity index (χ2n) is 3.20. The van der Waals surface area contributed by atoms with Gasteiger partial charge in [0.05, 0.1) is 20.5 Å². The highest BCUT2D eigenvalue weighted by Crippen LogP contribution is 2.37. The summed E-state index contributed by atoms with van der Waals surface area (Å²) in [5.41, 5.74) is 0.881. The molecule has 0 saturated carbocycles. The molecule has 1 aromatic carbocycles. The molecule has 3 nitrogen and oxygen atoms in total. The maximum absolute atomic E-state index is 5.33. The Hall–Kier alpha value is -1.55. The van der Waals surface area contributed by atoms with E-state index in [1.54, 1.807) is 26.5 Å². The Morgan fingerprint density at radius 1 is 1.12 bits per heavy atom. The highest BCUT2D eigenvalue weighted by Gasteiger charge is 2.12. The Bertz CT molecular complexity index is 477. The number of ether oxygens (including phenoxy) is 2. The number of hydrogen-bond acceptors (Lipinski definition) is 4. The molecular formula is C12H12O3S. The lowest BCUT2D eigenvalue weighted by molar-refractivity contribution is 0.354. The summed E-state index contributed by atoms with van der Waals surface area (Å²) in [6.07, 6.45) is 1.62. The summed E-state index contributed by atoms with van der Waals surface area (Å²) in [7, 11) is 3.19. The van der Waals surface area contributed by atoms with Crippen LogP contribution in [0.1, 0.15) is 0 Å². The van der Waals surface area contributed by atoms with E-state index in [2.05, 4.69) is 12.6 Å². The van der Waals surface area contributed by atoms with E-state index in [1.165, 1.54) is 0 Å². The first-order chi connectivity index (χ1) is 7.76. The van der Waals surface area contributed by atoms with Crippen molar-refractivity contribution >= 4 is 12.6 Å². The minimum Gasteiger partial charge on any atom is -0.493 e. The molecule has 1 heterocycles. The van der Waals surface area contributed by atoms with Gasteiger partial charge in [0.2, 0.25) is 0 Å². The Balaban J connectivity index is 2.55. The Kier molecular flexibility index (Phi) is 3.10. The monoisotopic (exact) mass is 236 g/mol. The average Bonchev–Trinajstić information content (AvgIpc) is 2.82. The molecule has 0 aliphatic rings. The Morgan fingerprint density at radius 3 is 2.38 bits per heavy atom. The van der Waals surface area contributed by atoms with E-state index in [0.29, 0.717) is 11.5 Å². The smallest absolute Gasteiger partial charge is 0.161 e. The van der Waals surface area contributed by atoms with Crippen LogP contribution in [0.25, 0.3) is 11.3 Å². The number of rotatable bonds is 3. The summed E-state index contributed by atoms with van der Waals surface area (Å²) in [6.45, 7) is 0. The zero-order valence-corrected chi connectivity index (χ0v) is 9.95. The van der Waals surface area contributed by atoms with Crippen LogP contribution in [-0.4, -0.2) is 14.2 Å². The van der Waals surface area contributed by atoms with Gasteiger partial charge in [-0.2, -0.15) is 0 Å². The lowest BCUT2D eigenvalue weighted by atomic mass is 10.1. The van der Waals surface area contributed by atoms with Crippen molar-refractivity contribution in [1.82, 2.24) is 0 Å². The average molecular weight is 236 g/mol.